The van der Waals surface area contributed by atoms with Gasteiger partial charge in [-0.25, -0.2) is 18.8 Å². The number of piperazine rings is 1. The first kappa shape index (κ1) is 25.3. The topological polar surface area (TPSA) is 84.4 Å². The number of likely N-dealkylation sites (tertiary alicyclic amines) is 1. The maximum absolute atomic E-state index is 14.1. The Morgan fingerprint density at radius 2 is 1.45 bits per heavy atom. The van der Waals surface area contributed by atoms with Crippen LogP contribution in [0.3, 0.4) is 0 Å². The van der Waals surface area contributed by atoms with Gasteiger partial charge in [0.2, 0.25) is 0 Å². The van der Waals surface area contributed by atoms with Gasteiger partial charge in [0.1, 0.15) is 5.82 Å². The van der Waals surface area contributed by atoms with Gasteiger partial charge in [-0.1, -0.05) is 48.5 Å². The number of hydrogen-bond donors (Lipinski definition) is 1. The number of rotatable bonds is 5. The molecule has 0 aliphatic carbocycles. The monoisotopic (exact) mass is 516 g/mol. The Kier molecular flexibility index (Phi) is 7.00. The molecule has 4 amide bonds. The molecule has 0 aromatic heterocycles. The zero-order valence-electron chi connectivity index (χ0n) is 21.0. The van der Waals surface area contributed by atoms with Gasteiger partial charge in [-0.2, -0.15) is 0 Å². The second-order valence-corrected chi connectivity index (χ2v) is 9.70. The SMILES string of the molecule is CN(Cc1ccc(F)cc1)C(=O)N1[C@H]2CC[C@@H]1[C@@H](C(=O)O)N(C(=O)N(c1ccccc1)c1ccccc1)C2. The molecule has 3 aromatic rings. The Hall–Kier alpha value is -4.40. The minimum Gasteiger partial charge on any atom is -0.480 e. The second-order valence-electron chi connectivity index (χ2n) is 9.70. The van der Waals surface area contributed by atoms with Crippen LogP contribution in [0, 0.1) is 5.82 Å². The molecule has 3 atom stereocenters. The van der Waals surface area contributed by atoms with Gasteiger partial charge >= 0.3 is 18.0 Å². The van der Waals surface area contributed by atoms with Crippen molar-refractivity contribution in [2.45, 2.75) is 37.5 Å². The van der Waals surface area contributed by atoms with Gasteiger partial charge in [0.15, 0.2) is 6.04 Å². The Bertz CT molecular complexity index is 1270. The Morgan fingerprint density at radius 3 is 2.00 bits per heavy atom. The number of carboxylic acid groups (broad SMARTS) is 1. The molecule has 1 N–H and O–H groups in total. The van der Waals surface area contributed by atoms with E-state index in [-0.39, 0.29) is 31.0 Å². The van der Waals surface area contributed by atoms with Crippen LogP contribution in [0.2, 0.25) is 0 Å². The summed E-state index contributed by atoms with van der Waals surface area (Å²) in [6.45, 7) is 0.365. The molecule has 5 rings (SSSR count). The van der Waals surface area contributed by atoms with Gasteiger partial charge in [0.25, 0.3) is 0 Å². The number of carbonyl (C=O) groups is 3. The first-order chi connectivity index (χ1) is 18.3. The fraction of sp³-hybridized carbons (Fsp3) is 0.276. The van der Waals surface area contributed by atoms with Gasteiger partial charge in [-0.15, -0.1) is 0 Å². The highest BCUT2D eigenvalue weighted by molar-refractivity contribution is 6.01. The number of amides is 4. The van der Waals surface area contributed by atoms with Crippen molar-refractivity contribution in [1.82, 2.24) is 14.7 Å². The number of nitrogens with zero attached hydrogens (tertiary/aromatic N) is 4. The van der Waals surface area contributed by atoms with Crippen LogP contribution in [0.4, 0.5) is 25.4 Å². The zero-order chi connectivity index (χ0) is 26.8. The van der Waals surface area contributed by atoms with E-state index in [1.54, 1.807) is 48.3 Å². The van der Waals surface area contributed by atoms with Crippen molar-refractivity contribution in [3.05, 3.63) is 96.3 Å². The first-order valence-electron chi connectivity index (χ1n) is 12.6. The molecule has 2 aliphatic rings. The van der Waals surface area contributed by atoms with Gasteiger partial charge in [0, 0.05) is 20.1 Å². The van der Waals surface area contributed by atoms with Gasteiger partial charge in [-0.3, -0.25) is 4.90 Å². The standard InChI is InChI=1S/C29H29FN4O4/c1-31(18-20-12-14-21(30)15-13-20)28(37)34-24-16-17-25(34)26(27(35)36)32(19-24)29(38)33(22-8-4-2-5-9-22)23-10-6-3-7-11-23/h2-15,24-26H,16-19H2,1H3,(H,35,36)/t24-,25+,26-/m0/s1. The first-order valence-corrected chi connectivity index (χ1v) is 12.6. The summed E-state index contributed by atoms with van der Waals surface area (Å²) in [6, 6.07) is 21.2. The molecule has 8 nitrogen and oxygen atoms in total. The van der Waals surface area contributed by atoms with E-state index in [1.807, 2.05) is 36.4 Å². The molecule has 0 radical (unpaired) electrons. The molecule has 2 aliphatic heterocycles. The molecule has 0 saturated carbocycles. The number of carbonyl (C=O) groups excluding carboxylic acids is 2. The quantitative estimate of drug-likeness (QED) is 0.521. The van der Waals surface area contributed by atoms with Crippen LogP contribution >= 0.6 is 0 Å². The highest BCUT2D eigenvalue weighted by Crippen LogP contribution is 2.37. The number of anilines is 2. The summed E-state index contributed by atoms with van der Waals surface area (Å²) in [6.07, 6.45) is 1.09. The third-order valence-corrected chi connectivity index (χ3v) is 7.25. The Labute approximate surface area is 220 Å². The van der Waals surface area contributed by atoms with Crippen molar-refractivity contribution >= 4 is 29.4 Å². The fourth-order valence-corrected chi connectivity index (χ4v) is 5.52. The number of fused-ring (bicyclic) bond motifs is 2. The maximum atomic E-state index is 14.1. The largest absolute Gasteiger partial charge is 0.480 e. The van der Waals surface area contributed by atoms with Gasteiger partial charge in [-0.05, 0) is 54.8 Å². The summed E-state index contributed by atoms with van der Waals surface area (Å²) in [5.41, 5.74) is 2.01. The summed E-state index contributed by atoms with van der Waals surface area (Å²) in [7, 11) is 1.64. The van der Waals surface area contributed by atoms with Crippen LogP contribution in [0.25, 0.3) is 0 Å². The minimum atomic E-state index is -1.20. The molecular weight excluding hydrogens is 487 g/mol. The van der Waals surface area contributed by atoms with Crippen LogP contribution in [-0.2, 0) is 11.3 Å². The molecule has 9 heteroatoms. The van der Waals surface area contributed by atoms with E-state index < -0.39 is 24.1 Å². The molecule has 0 unspecified atom stereocenters. The molecule has 38 heavy (non-hydrogen) atoms. The number of benzene rings is 3. The third kappa shape index (κ3) is 4.79. The fourth-order valence-electron chi connectivity index (χ4n) is 5.52. The minimum absolute atomic E-state index is 0.110. The number of para-hydroxylation sites is 2. The molecule has 2 heterocycles. The molecule has 2 fully saturated rings. The van der Waals surface area contributed by atoms with E-state index in [2.05, 4.69) is 0 Å². The van der Waals surface area contributed by atoms with Gasteiger partial charge < -0.3 is 19.8 Å². The van der Waals surface area contributed by atoms with Crippen LogP contribution in [0.1, 0.15) is 18.4 Å². The van der Waals surface area contributed by atoms with E-state index in [1.165, 1.54) is 26.8 Å². The average Bonchev–Trinajstić information content (AvgIpc) is 3.22. The van der Waals surface area contributed by atoms with Crippen molar-refractivity contribution in [1.29, 1.82) is 0 Å². The Morgan fingerprint density at radius 1 is 0.868 bits per heavy atom. The van der Waals surface area contributed by atoms with E-state index in [0.29, 0.717) is 24.2 Å². The van der Waals surface area contributed by atoms with E-state index >= 15 is 0 Å². The molecule has 2 saturated heterocycles. The number of halogens is 1. The van der Waals surface area contributed by atoms with Crippen molar-refractivity contribution in [3.63, 3.8) is 0 Å². The zero-order valence-corrected chi connectivity index (χ0v) is 21.0. The van der Waals surface area contributed by atoms with E-state index in [9.17, 15) is 23.9 Å². The second kappa shape index (κ2) is 10.5. The van der Waals surface area contributed by atoms with Crippen LogP contribution in [0.5, 0.6) is 0 Å². The smallest absolute Gasteiger partial charge is 0.329 e. The maximum Gasteiger partial charge on any atom is 0.329 e. The van der Waals surface area contributed by atoms with Crippen LogP contribution in [-0.4, -0.2) is 69.6 Å². The molecule has 196 valence electrons. The van der Waals surface area contributed by atoms with Crippen LogP contribution in [0.15, 0.2) is 84.9 Å². The van der Waals surface area contributed by atoms with Crippen molar-refractivity contribution in [2.24, 2.45) is 0 Å². The predicted molar refractivity (Wildman–Crippen MR) is 140 cm³/mol. The average molecular weight is 517 g/mol. The highest BCUT2D eigenvalue weighted by atomic mass is 19.1. The van der Waals surface area contributed by atoms with E-state index in [0.717, 1.165) is 5.56 Å². The third-order valence-electron chi connectivity index (χ3n) is 7.25. The lowest BCUT2D eigenvalue weighted by atomic mass is 10.0. The summed E-state index contributed by atoms with van der Waals surface area (Å²) < 4.78 is 13.3. The number of urea groups is 2. The number of hydrogen-bond acceptors (Lipinski definition) is 3. The lowest BCUT2D eigenvalue weighted by Crippen LogP contribution is -2.67. The Balaban J connectivity index is 1.42. The van der Waals surface area contributed by atoms with E-state index in [4.69, 9.17) is 0 Å². The van der Waals surface area contributed by atoms with Crippen molar-refractivity contribution in [3.8, 4) is 0 Å². The van der Waals surface area contributed by atoms with Crippen molar-refractivity contribution < 1.29 is 23.9 Å². The van der Waals surface area contributed by atoms with Crippen LogP contribution < -0.4 is 4.90 Å². The highest BCUT2D eigenvalue weighted by Gasteiger charge is 2.54. The lowest BCUT2D eigenvalue weighted by Gasteiger charge is -2.47. The molecular formula is C29H29FN4O4. The molecule has 3 aromatic carbocycles. The number of aliphatic carboxylic acids is 1. The number of carboxylic acids is 1. The summed E-state index contributed by atoms with van der Waals surface area (Å²) in [5.74, 6) is -1.50. The lowest BCUT2D eigenvalue weighted by molar-refractivity contribution is -0.145. The summed E-state index contributed by atoms with van der Waals surface area (Å²) in [5, 5.41) is 10.3. The van der Waals surface area contributed by atoms with Gasteiger partial charge in [0.05, 0.1) is 23.5 Å². The molecule has 2 bridgehead atoms. The van der Waals surface area contributed by atoms with Crippen molar-refractivity contribution in [2.75, 3.05) is 18.5 Å². The predicted octanol–water partition coefficient (Wildman–Crippen LogP) is 4.94. The summed E-state index contributed by atoms with van der Waals surface area (Å²) >= 11 is 0. The summed E-state index contributed by atoms with van der Waals surface area (Å²) in [4.78, 5) is 46.2. The normalized spacial score (nSPS) is 20.2. The molecule has 0 spiro atoms.